The van der Waals surface area contributed by atoms with E-state index in [-0.39, 0.29) is 5.82 Å². The molecule has 2 aromatic carbocycles. The summed E-state index contributed by atoms with van der Waals surface area (Å²) in [4.78, 5) is 0. The fourth-order valence-electron chi connectivity index (χ4n) is 1.80. The van der Waals surface area contributed by atoms with Gasteiger partial charge in [-0.2, -0.15) is 0 Å². The number of rotatable bonds is 5. The van der Waals surface area contributed by atoms with Gasteiger partial charge in [0.2, 0.25) is 0 Å². The highest BCUT2D eigenvalue weighted by atomic mass is 79.9. The highest BCUT2D eigenvalue weighted by molar-refractivity contribution is 9.10. The molecule has 0 saturated carbocycles. The summed E-state index contributed by atoms with van der Waals surface area (Å²) in [6, 6.07) is 10.3. The van der Waals surface area contributed by atoms with Gasteiger partial charge in [0.05, 0.1) is 19.9 Å². The minimum absolute atomic E-state index is 0.289. The second-order valence-corrected chi connectivity index (χ2v) is 5.11. The number of nitrogens with one attached hydrogen (secondary N) is 1. The quantitative estimate of drug-likeness (QED) is 0.884. The smallest absolute Gasteiger partial charge is 0.146 e. The lowest BCUT2D eigenvalue weighted by Gasteiger charge is -2.11. The number of anilines is 1. The van der Waals surface area contributed by atoms with Crippen molar-refractivity contribution in [2.45, 2.75) is 6.54 Å². The van der Waals surface area contributed by atoms with Gasteiger partial charge in [-0.1, -0.05) is 15.9 Å². The number of hydrogen-bond acceptors (Lipinski definition) is 3. The monoisotopic (exact) mass is 339 g/mol. The summed E-state index contributed by atoms with van der Waals surface area (Å²) in [5.74, 6) is 1.12. The van der Waals surface area contributed by atoms with Crippen LogP contribution in [0, 0.1) is 5.82 Å². The zero-order chi connectivity index (χ0) is 14.5. The van der Waals surface area contributed by atoms with Crippen molar-refractivity contribution >= 4 is 21.6 Å². The Morgan fingerprint density at radius 2 is 1.70 bits per heavy atom. The van der Waals surface area contributed by atoms with Gasteiger partial charge < -0.3 is 14.8 Å². The van der Waals surface area contributed by atoms with Crippen molar-refractivity contribution in [3.05, 3.63) is 52.3 Å². The van der Waals surface area contributed by atoms with E-state index in [9.17, 15) is 4.39 Å². The molecular formula is C15H15BrFNO2. The lowest BCUT2D eigenvalue weighted by Crippen LogP contribution is -2.02. The molecule has 2 rings (SSSR count). The largest absolute Gasteiger partial charge is 0.497 e. The fraction of sp³-hybridized carbons (Fsp3) is 0.200. The Labute approximate surface area is 125 Å². The Morgan fingerprint density at radius 1 is 1.05 bits per heavy atom. The van der Waals surface area contributed by atoms with E-state index in [2.05, 4.69) is 21.2 Å². The van der Waals surface area contributed by atoms with E-state index in [0.717, 1.165) is 10.0 Å². The highest BCUT2D eigenvalue weighted by Crippen LogP contribution is 2.24. The van der Waals surface area contributed by atoms with Crippen LogP contribution in [-0.4, -0.2) is 14.2 Å². The molecule has 1 N–H and O–H groups in total. The van der Waals surface area contributed by atoms with Crippen LogP contribution < -0.4 is 14.8 Å². The number of methoxy groups -OCH3 is 2. The molecule has 20 heavy (non-hydrogen) atoms. The van der Waals surface area contributed by atoms with Gasteiger partial charge in [-0.05, 0) is 35.9 Å². The van der Waals surface area contributed by atoms with Gasteiger partial charge in [-0.25, -0.2) is 4.39 Å². The average Bonchev–Trinajstić information content (AvgIpc) is 2.47. The Balaban J connectivity index is 2.16. The van der Waals surface area contributed by atoms with Gasteiger partial charge in [0.25, 0.3) is 0 Å². The number of hydrogen-bond donors (Lipinski definition) is 1. The molecule has 106 valence electrons. The average molecular weight is 340 g/mol. The normalized spacial score (nSPS) is 10.2. The van der Waals surface area contributed by atoms with Crippen molar-refractivity contribution in [3.8, 4) is 11.5 Å². The van der Waals surface area contributed by atoms with E-state index in [4.69, 9.17) is 9.47 Å². The van der Waals surface area contributed by atoms with Gasteiger partial charge in [0.1, 0.15) is 17.3 Å². The Hall–Kier alpha value is -1.75. The van der Waals surface area contributed by atoms with Crippen LogP contribution in [0.2, 0.25) is 0 Å². The van der Waals surface area contributed by atoms with E-state index in [0.29, 0.717) is 23.7 Å². The first kappa shape index (κ1) is 14.7. The molecule has 5 heteroatoms. The van der Waals surface area contributed by atoms with Crippen LogP contribution in [0.25, 0.3) is 0 Å². The van der Waals surface area contributed by atoms with Gasteiger partial charge in [-0.15, -0.1) is 0 Å². The first-order valence-electron chi connectivity index (χ1n) is 6.03. The molecule has 0 unspecified atom stereocenters. The molecule has 0 heterocycles. The lowest BCUT2D eigenvalue weighted by atomic mass is 10.2. The summed E-state index contributed by atoms with van der Waals surface area (Å²) in [6.45, 7) is 0.473. The van der Waals surface area contributed by atoms with Crippen molar-refractivity contribution in [3.63, 3.8) is 0 Å². The number of ether oxygens (including phenoxy) is 2. The molecule has 0 aliphatic carbocycles. The minimum atomic E-state index is -0.289. The van der Waals surface area contributed by atoms with Crippen LogP contribution in [-0.2, 0) is 6.54 Å². The van der Waals surface area contributed by atoms with Crippen LogP contribution in [0.3, 0.4) is 0 Å². The Kier molecular flexibility index (Phi) is 4.84. The van der Waals surface area contributed by atoms with Crippen LogP contribution in [0.15, 0.2) is 40.9 Å². The Morgan fingerprint density at radius 3 is 2.30 bits per heavy atom. The Bertz CT molecular complexity index is 582. The van der Waals surface area contributed by atoms with E-state index in [1.54, 1.807) is 32.4 Å². The summed E-state index contributed by atoms with van der Waals surface area (Å²) in [5.41, 5.74) is 1.39. The van der Waals surface area contributed by atoms with Crippen molar-refractivity contribution < 1.29 is 13.9 Å². The molecule has 0 aliphatic rings. The third-order valence-corrected chi connectivity index (χ3v) is 3.32. The minimum Gasteiger partial charge on any atom is -0.497 e. The second kappa shape index (κ2) is 6.61. The fourth-order valence-corrected chi connectivity index (χ4v) is 2.16. The third kappa shape index (κ3) is 3.63. The van der Waals surface area contributed by atoms with Crippen molar-refractivity contribution in [2.75, 3.05) is 19.5 Å². The molecular weight excluding hydrogens is 325 g/mol. The van der Waals surface area contributed by atoms with Gasteiger partial charge >= 0.3 is 0 Å². The molecule has 2 aromatic rings. The first-order chi connectivity index (χ1) is 9.62. The van der Waals surface area contributed by atoms with E-state index in [1.165, 1.54) is 6.07 Å². The van der Waals surface area contributed by atoms with Gasteiger partial charge in [-0.3, -0.25) is 0 Å². The van der Waals surface area contributed by atoms with Crippen LogP contribution in [0.1, 0.15) is 5.56 Å². The number of benzene rings is 2. The number of halogens is 2. The standard InChI is InChI=1S/C15H15BrFNO2/c1-19-12-5-10(6-13(8-12)20-2)9-18-15-7-11(16)3-4-14(15)17/h3-8,18H,9H2,1-2H3. The van der Waals surface area contributed by atoms with Crippen molar-refractivity contribution in [1.29, 1.82) is 0 Å². The van der Waals surface area contributed by atoms with Crippen LogP contribution in [0.4, 0.5) is 10.1 Å². The zero-order valence-corrected chi connectivity index (χ0v) is 12.8. The molecule has 0 aliphatic heterocycles. The maximum absolute atomic E-state index is 13.6. The molecule has 0 radical (unpaired) electrons. The molecule has 0 aromatic heterocycles. The molecule has 3 nitrogen and oxygen atoms in total. The molecule has 0 bridgehead atoms. The maximum atomic E-state index is 13.6. The SMILES string of the molecule is COc1cc(CNc2cc(Br)ccc2F)cc(OC)c1. The van der Waals surface area contributed by atoms with E-state index < -0.39 is 0 Å². The van der Waals surface area contributed by atoms with Gasteiger partial charge in [0.15, 0.2) is 0 Å². The zero-order valence-electron chi connectivity index (χ0n) is 11.2. The summed E-state index contributed by atoms with van der Waals surface area (Å²) in [7, 11) is 3.19. The van der Waals surface area contributed by atoms with Crippen LogP contribution in [0.5, 0.6) is 11.5 Å². The maximum Gasteiger partial charge on any atom is 0.146 e. The third-order valence-electron chi connectivity index (χ3n) is 2.82. The molecule has 0 atom stereocenters. The van der Waals surface area contributed by atoms with Crippen molar-refractivity contribution in [1.82, 2.24) is 0 Å². The highest BCUT2D eigenvalue weighted by Gasteiger charge is 2.05. The molecule has 0 saturated heterocycles. The van der Waals surface area contributed by atoms with E-state index >= 15 is 0 Å². The molecule has 0 fully saturated rings. The van der Waals surface area contributed by atoms with Crippen LogP contribution >= 0.6 is 15.9 Å². The lowest BCUT2D eigenvalue weighted by molar-refractivity contribution is 0.393. The van der Waals surface area contributed by atoms with Gasteiger partial charge in [0, 0.05) is 17.1 Å². The predicted octanol–water partition coefficient (Wildman–Crippen LogP) is 4.22. The summed E-state index contributed by atoms with van der Waals surface area (Å²) in [5, 5.41) is 3.06. The second-order valence-electron chi connectivity index (χ2n) is 4.20. The predicted molar refractivity (Wildman–Crippen MR) is 81.0 cm³/mol. The molecule has 0 spiro atoms. The summed E-state index contributed by atoms with van der Waals surface area (Å²) in [6.07, 6.45) is 0. The topological polar surface area (TPSA) is 30.5 Å². The van der Waals surface area contributed by atoms with Crippen molar-refractivity contribution in [2.24, 2.45) is 0 Å². The summed E-state index contributed by atoms with van der Waals surface area (Å²) < 4.78 is 24.9. The van der Waals surface area contributed by atoms with E-state index in [1.807, 2.05) is 12.1 Å². The summed E-state index contributed by atoms with van der Waals surface area (Å²) >= 11 is 3.32. The molecule has 0 amide bonds. The first-order valence-corrected chi connectivity index (χ1v) is 6.82.